The first-order chi connectivity index (χ1) is 8.00. The lowest BCUT2D eigenvalue weighted by Gasteiger charge is -2.20. The summed E-state index contributed by atoms with van der Waals surface area (Å²) in [4.78, 5) is 6.62. The first-order valence-corrected chi connectivity index (χ1v) is 6.18. The second kappa shape index (κ2) is 4.74. The van der Waals surface area contributed by atoms with Gasteiger partial charge < -0.3 is 9.63 Å². The van der Waals surface area contributed by atoms with Gasteiger partial charge in [-0.15, -0.1) is 0 Å². The molecule has 0 aliphatic carbocycles. The van der Waals surface area contributed by atoms with Gasteiger partial charge in [-0.2, -0.15) is 4.98 Å². The van der Waals surface area contributed by atoms with Crippen molar-refractivity contribution in [3.05, 3.63) is 11.7 Å². The third kappa shape index (κ3) is 2.84. The largest absolute Gasteiger partial charge is 0.395 e. The fourth-order valence-electron chi connectivity index (χ4n) is 2.11. The molecule has 0 bridgehead atoms. The molecule has 0 spiro atoms. The van der Waals surface area contributed by atoms with Crippen molar-refractivity contribution in [2.75, 3.05) is 13.2 Å². The van der Waals surface area contributed by atoms with Crippen LogP contribution >= 0.6 is 0 Å². The lowest BCUT2D eigenvalue weighted by Crippen LogP contribution is -2.31. The molecule has 1 atom stereocenters. The van der Waals surface area contributed by atoms with E-state index in [0.717, 1.165) is 25.2 Å². The molecule has 1 aromatic heterocycles. The Morgan fingerprint density at radius 3 is 2.82 bits per heavy atom. The maximum Gasteiger partial charge on any atom is 0.240 e. The minimum absolute atomic E-state index is 0.0802. The zero-order valence-corrected chi connectivity index (χ0v) is 10.8. The molecule has 0 radical (unpaired) electrons. The molecule has 1 fully saturated rings. The van der Waals surface area contributed by atoms with Crippen LogP contribution < -0.4 is 0 Å². The highest BCUT2D eigenvalue weighted by Gasteiger charge is 2.27. The number of aliphatic hydroxyl groups excluding tert-OH is 1. The Morgan fingerprint density at radius 2 is 2.24 bits per heavy atom. The number of rotatable bonds is 3. The lowest BCUT2D eigenvalue weighted by atomic mass is 9.96. The van der Waals surface area contributed by atoms with Gasteiger partial charge in [0.2, 0.25) is 5.89 Å². The van der Waals surface area contributed by atoms with Crippen molar-refractivity contribution in [1.29, 1.82) is 0 Å². The van der Waals surface area contributed by atoms with Gasteiger partial charge in [0, 0.05) is 11.5 Å². The summed E-state index contributed by atoms with van der Waals surface area (Å²) in [6.45, 7) is 8.04. The highest BCUT2D eigenvalue weighted by Crippen LogP contribution is 2.21. The van der Waals surface area contributed by atoms with Crippen LogP contribution in [0.4, 0.5) is 0 Å². The van der Waals surface area contributed by atoms with Crippen molar-refractivity contribution in [3.8, 4) is 0 Å². The van der Waals surface area contributed by atoms with E-state index in [-0.39, 0.29) is 18.1 Å². The van der Waals surface area contributed by atoms with Crippen molar-refractivity contribution in [2.45, 2.75) is 51.6 Å². The maximum atomic E-state index is 9.24. The van der Waals surface area contributed by atoms with Crippen molar-refractivity contribution in [1.82, 2.24) is 15.0 Å². The number of likely N-dealkylation sites (tertiary alicyclic amines) is 1. The molecule has 1 aliphatic rings. The lowest BCUT2D eigenvalue weighted by molar-refractivity contribution is 0.141. The SMILES string of the molecule is CC(C)(C)c1noc(CN2CCC[C@H]2CO)n1. The van der Waals surface area contributed by atoms with Gasteiger partial charge in [-0.1, -0.05) is 25.9 Å². The fourth-order valence-corrected chi connectivity index (χ4v) is 2.11. The minimum atomic E-state index is -0.0802. The second-order valence-electron chi connectivity index (χ2n) is 5.71. The van der Waals surface area contributed by atoms with Crippen molar-refractivity contribution in [3.63, 3.8) is 0 Å². The Morgan fingerprint density at radius 1 is 1.47 bits per heavy atom. The molecule has 0 saturated carbocycles. The zero-order valence-electron chi connectivity index (χ0n) is 10.8. The number of hydrogen-bond donors (Lipinski definition) is 1. The molecule has 0 unspecified atom stereocenters. The van der Waals surface area contributed by atoms with Gasteiger partial charge in [-0.05, 0) is 19.4 Å². The molecule has 5 heteroatoms. The highest BCUT2D eigenvalue weighted by atomic mass is 16.5. The molecular weight excluding hydrogens is 218 g/mol. The van der Waals surface area contributed by atoms with Crippen LogP contribution in [0.25, 0.3) is 0 Å². The Bertz CT molecular complexity index is 370. The van der Waals surface area contributed by atoms with Gasteiger partial charge in [-0.25, -0.2) is 0 Å². The molecule has 2 heterocycles. The third-order valence-corrected chi connectivity index (χ3v) is 3.19. The van der Waals surface area contributed by atoms with Crippen LogP contribution in [0.15, 0.2) is 4.52 Å². The number of aromatic nitrogens is 2. The van der Waals surface area contributed by atoms with Crippen LogP contribution in [-0.4, -0.2) is 39.3 Å². The summed E-state index contributed by atoms with van der Waals surface area (Å²) >= 11 is 0. The van der Waals surface area contributed by atoms with E-state index < -0.39 is 0 Å². The molecule has 0 aromatic carbocycles. The Kier molecular flexibility index (Phi) is 3.49. The van der Waals surface area contributed by atoms with E-state index in [1.807, 2.05) is 0 Å². The molecule has 96 valence electrons. The summed E-state index contributed by atoms with van der Waals surface area (Å²) in [6.07, 6.45) is 2.18. The number of nitrogens with zero attached hydrogens (tertiary/aromatic N) is 3. The monoisotopic (exact) mass is 239 g/mol. The first-order valence-electron chi connectivity index (χ1n) is 6.18. The predicted octanol–water partition coefficient (Wildman–Crippen LogP) is 1.32. The fraction of sp³-hybridized carbons (Fsp3) is 0.833. The first kappa shape index (κ1) is 12.5. The van der Waals surface area contributed by atoms with E-state index in [4.69, 9.17) is 4.52 Å². The van der Waals surface area contributed by atoms with Gasteiger partial charge in [-0.3, -0.25) is 4.90 Å². The van der Waals surface area contributed by atoms with Gasteiger partial charge in [0.15, 0.2) is 5.82 Å². The minimum Gasteiger partial charge on any atom is -0.395 e. The van der Waals surface area contributed by atoms with E-state index in [1.165, 1.54) is 0 Å². The van der Waals surface area contributed by atoms with Crippen LogP contribution in [0.1, 0.15) is 45.3 Å². The van der Waals surface area contributed by atoms with Gasteiger partial charge >= 0.3 is 0 Å². The molecular formula is C12H21N3O2. The maximum absolute atomic E-state index is 9.24. The summed E-state index contributed by atoms with van der Waals surface area (Å²) < 4.78 is 5.26. The Hall–Kier alpha value is -0.940. The molecule has 1 N–H and O–H groups in total. The topological polar surface area (TPSA) is 62.4 Å². The van der Waals surface area contributed by atoms with Crippen LogP contribution in [0.3, 0.4) is 0 Å². The third-order valence-electron chi connectivity index (χ3n) is 3.19. The van der Waals surface area contributed by atoms with Crippen LogP contribution in [0, 0.1) is 0 Å². The van der Waals surface area contributed by atoms with E-state index in [9.17, 15) is 5.11 Å². The van der Waals surface area contributed by atoms with Crippen molar-refractivity contribution in [2.24, 2.45) is 0 Å². The number of hydrogen-bond acceptors (Lipinski definition) is 5. The Labute approximate surface area is 102 Å². The normalized spacial score (nSPS) is 22.2. The highest BCUT2D eigenvalue weighted by molar-refractivity contribution is 5.00. The molecule has 1 aliphatic heterocycles. The summed E-state index contributed by atoms with van der Waals surface area (Å²) in [6, 6.07) is 0.250. The summed E-state index contributed by atoms with van der Waals surface area (Å²) in [5.41, 5.74) is -0.0802. The van der Waals surface area contributed by atoms with Gasteiger partial charge in [0.05, 0.1) is 13.2 Å². The van der Waals surface area contributed by atoms with E-state index in [1.54, 1.807) is 0 Å². The average Bonchev–Trinajstić information content (AvgIpc) is 2.86. The standard InChI is InChI=1S/C12H21N3O2/c1-12(2,3)11-13-10(17-14-11)7-15-6-4-5-9(15)8-16/h9,16H,4-8H2,1-3H3/t9-/m0/s1. The molecule has 0 amide bonds. The quantitative estimate of drug-likeness (QED) is 0.862. The molecule has 5 nitrogen and oxygen atoms in total. The smallest absolute Gasteiger partial charge is 0.240 e. The van der Waals surface area contributed by atoms with Crippen LogP contribution in [0.5, 0.6) is 0 Å². The van der Waals surface area contributed by atoms with E-state index in [0.29, 0.717) is 12.4 Å². The second-order valence-corrected chi connectivity index (χ2v) is 5.71. The molecule has 1 saturated heterocycles. The summed E-state index contributed by atoms with van der Waals surface area (Å²) in [7, 11) is 0. The number of aliphatic hydroxyl groups is 1. The van der Waals surface area contributed by atoms with E-state index in [2.05, 4.69) is 35.8 Å². The average molecular weight is 239 g/mol. The summed E-state index contributed by atoms with van der Waals surface area (Å²) in [5, 5.41) is 13.2. The van der Waals surface area contributed by atoms with Crippen molar-refractivity contribution < 1.29 is 9.63 Å². The molecule has 1 aromatic rings. The van der Waals surface area contributed by atoms with Crippen LogP contribution in [-0.2, 0) is 12.0 Å². The predicted molar refractivity (Wildman–Crippen MR) is 63.5 cm³/mol. The molecule has 17 heavy (non-hydrogen) atoms. The summed E-state index contributed by atoms with van der Waals surface area (Å²) in [5.74, 6) is 1.39. The van der Waals surface area contributed by atoms with Crippen molar-refractivity contribution >= 4 is 0 Å². The van der Waals surface area contributed by atoms with Gasteiger partial charge in [0.25, 0.3) is 0 Å². The van der Waals surface area contributed by atoms with E-state index >= 15 is 0 Å². The van der Waals surface area contributed by atoms with Crippen LogP contribution in [0.2, 0.25) is 0 Å². The molecule has 2 rings (SSSR count). The van der Waals surface area contributed by atoms with Gasteiger partial charge in [0.1, 0.15) is 0 Å². The Balaban J connectivity index is 2.02. The zero-order chi connectivity index (χ0) is 12.5.